The van der Waals surface area contributed by atoms with Gasteiger partial charge in [-0.1, -0.05) is 0 Å². The van der Waals surface area contributed by atoms with Crippen LogP contribution in [0.5, 0.6) is 0 Å². The van der Waals surface area contributed by atoms with Crippen LogP contribution >= 0.6 is 15.9 Å². The highest BCUT2D eigenvalue weighted by Gasteiger charge is 2.05. The predicted molar refractivity (Wildman–Crippen MR) is 66.1 cm³/mol. The highest BCUT2D eigenvalue weighted by molar-refractivity contribution is 9.10. The third kappa shape index (κ3) is 1.93. The molecule has 3 aromatic rings. The molecule has 0 aromatic carbocycles. The first-order valence-corrected chi connectivity index (χ1v) is 5.78. The highest BCUT2D eigenvalue weighted by Crippen LogP contribution is 2.18. The van der Waals surface area contributed by atoms with Crippen molar-refractivity contribution in [3.05, 3.63) is 53.1 Å². The highest BCUT2D eigenvalue weighted by atomic mass is 79.9. The molecule has 3 aromatic heterocycles. The van der Waals surface area contributed by atoms with Gasteiger partial charge >= 0.3 is 0 Å². The Morgan fingerprint density at radius 1 is 1.06 bits per heavy atom. The van der Waals surface area contributed by atoms with Gasteiger partial charge in [-0.15, -0.1) is 0 Å². The average molecular weight is 292 g/mol. The molecule has 3 heterocycles. The molecule has 0 radical (unpaired) electrons. The Balaban J connectivity index is 2.14. The Labute approximate surface area is 105 Å². The number of hydrogen-bond donors (Lipinski definition) is 0. The average Bonchev–Trinajstić information content (AvgIpc) is 2.72. The number of fused-ring (bicyclic) bond motifs is 1. The van der Waals surface area contributed by atoms with Crippen molar-refractivity contribution in [1.29, 1.82) is 0 Å². The van der Waals surface area contributed by atoms with Crippen molar-refractivity contribution in [1.82, 2.24) is 14.4 Å². The second kappa shape index (κ2) is 3.92. The summed E-state index contributed by atoms with van der Waals surface area (Å²) in [4.78, 5) is 8.41. The van der Waals surface area contributed by atoms with Crippen LogP contribution in [0.3, 0.4) is 0 Å². The number of halogens is 2. The number of imidazole rings is 1. The van der Waals surface area contributed by atoms with Gasteiger partial charge in [0.25, 0.3) is 0 Å². The lowest BCUT2D eigenvalue weighted by atomic mass is 10.3. The van der Waals surface area contributed by atoms with Crippen LogP contribution in [-0.2, 0) is 0 Å². The molecule has 0 fully saturated rings. The van der Waals surface area contributed by atoms with Crippen LogP contribution in [-0.4, -0.2) is 14.4 Å². The fraction of sp³-hybridized carbons (Fsp3) is 0. The lowest BCUT2D eigenvalue weighted by Crippen LogP contribution is -1.83. The van der Waals surface area contributed by atoms with Crippen LogP contribution in [0.1, 0.15) is 0 Å². The van der Waals surface area contributed by atoms with E-state index in [1.54, 1.807) is 6.07 Å². The summed E-state index contributed by atoms with van der Waals surface area (Å²) in [5.74, 6) is -0.347. The molecule has 0 N–H and O–H groups in total. The molecule has 5 heteroatoms. The summed E-state index contributed by atoms with van der Waals surface area (Å²) >= 11 is 3.39. The molecule has 0 spiro atoms. The van der Waals surface area contributed by atoms with E-state index in [9.17, 15) is 4.39 Å². The lowest BCUT2D eigenvalue weighted by Gasteiger charge is -1.93. The van der Waals surface area contributed by atoms with Crippen molar-refractivity contribution in [2.75, 3.05) is 0 Å². The van der Waals surface area contributed by atoms with E-state index in [4.69, 9.17) is 0 Å². The first-order valence-electron chi connectivity index (χ1n) is 4.98. The molecule has 0 aliphatic carbocycles. The van der Waals surface area contributed by atoms with Gasteiger partial charge in [0.05, 0.1) is 11.9 Å². The molecule has 0 unspecified atom stereocenters. The van der Waals surface area contributed by atoms with Crippen LogP contribution in [0.2, 0.25) is 0 Å². The standard InChI is InChI=1S/C12H7BrFN3/c13-8-1-4-12-16-11(7-17(12)6-8)10-3-2-9(14)5-15-10/h1-7H. The van der Waals surface area contributed by atoms with Gasteiger partial charge in [-0.3, -0.25) is 4.98 Å². The minimum atomic E-state index is -0.347. The monoisotopic (exact) mass is 291 g/mol. The third-order valence-corrected chi connectivity index (χ3v) is 2.87. The van der Waals surface area contributed by atoms with E-state index < -0.39 is 0 Å². The zero-order valence-electron chi connectivity index (χ0n) is 8.64. The molecule has 0 amide bonds. The quantitative estimate of drug-likeness (QED) is 0.689. The number of nitrogens with zero attached hydrogens (tertiary/aromatic N) is 3. The normalized spacial score (nSPS) is 10.9. The minimum Gasteiger partial charge on any atom is -0.305 e. The van der Waals surface area contributed by atoms with Crippen LogP contribution in [0.4, 0.5) is 4.39 Å². The second-order valence-corrected chi connectivity index (χ2v) is 4.52. The van der Waals surface area contributed by atoms with Crippen molar-refractivity contribution in [2.45, 2.75) is 0 Å². The third-order valence-electron chi connectivity index (χ3n) is 2.40. The maximum Gasteiger partial charge on any atom is 0.141 e. The Morgan fingerprint density at radius 2 is 1.94 bits per heavy atom. The van der Waals surface area contributed by atoms with Gasteiger partial charge in [0, 0.05) is 16.9 Å². The summed E-state index contributed by atoms with van der Waals surface area (Å²) in [7, 11) is 0. The Kier molecular flexibility index (Phi) is 2.40. The molecule has 0 saturated heterocycles. The molecule has 17 heavy (non-hydrogen) atoms. The zero-order valence-corrected chi connectivity index (χ0v) is 10.2. The fourth-order valence-corrected chi connectivity index (χ4v) is 1.97. The SMILES string of the molecule is Fc1ccc(-c2cn3cc(Br)ccc3n2)nc1. The van der Waals surface area contributed by atoms with Gasteiger partial charge in [-0.25, -0.2) is 9.37 Å². The van der Waals surface area contributed by atoms with Gasteiger partial charge in [0.15, 0.2) is 0 Å². The molecule has 3 rings (SSSR count). The molecular formula is C12H7BrFN3. The van der Waals surface area contributed by atoms with Crippen molar-refractivity contribution in [3.8, 4) is 11.4 Å². The van der Waals surface area contributed by atoms with E-state index in [0.717, 1.165) is 15.8 Å². The molecular weight excluding hydrogens is 285 g/mol. The van der Waals surface area contributed by atoms with Crippen LogP contribution in [0.15, 0.2) is 47.3 Å². The summed E-state index contributed by atoms with van der Waals surface area (Å²) < 4.78 is 15.6. The molecule has 0 bridgehead atoms. The van der Waals surface area contributed by atoms with E-state index in [0.29, 0.717) is 5.69 Å². The zero-order chi connectivity index (χ0) is 11.8. The largest absolute Gasteiger partial charge is 0.305 e. The molecule has 3 nitrogen and oxygen atoms in total. The van der Waals surface area contributed by atoms with E-state index in [1.807, 2.05) is 28.9 Å². The Hall–Kier alpha value is -1.75. The van der Waals surface area contributed by atoms with Crippen molar-refractivity contribution >= 4 is 21.6 Å². The maximum absolute atomic E-state index is 12.8. The maximum atomic E-state index is 12.8. The topological polar surface area (TPSA) is 30.2 Å². The summed E-state index contributed by atoms with van der Waals surface area (Å²) in [6, 6.07) is 6.82. The van der Waals surface area contributed by atoms with E-state index in [1.165, 1.54) is 12.3 Å². The second-order valence-electron chi connectivity index (χ2n) is 3.60. The Morgan fingerprint density at radius 3 is 2.71 bits per heavy atom. The number of pyridine rings is 2. The molecule has 0 aliphatic heterocycles. The summed E-state index contributed by atoms with van der Waals surface area (Å²) in [6.45, 7) is 0. The number of aromatic nitrogens is 3. The summed E-state index contributed by atoms with van der Waals surface area (Å²) in [6.07, 6.45) is 4.96. The smallest absolute Gasteiger partial charge is 0.141 e. The van der Waals surface area contributed by atoms with Crippen molar-refractivity contribution in [2.24, 2.45) is 0 Å². The van der Waals surface area contributed by atoms with Crippen molar-refractivity contribution < 1.29 is 4.39 Å². The minimum absolute atomic E-state index is 0.347. The first kappa shape index (κ1) is 10.4. The van der Waals surface area contributed by atoms with Crippen molar-refractivity contribution in [3.63, 3.8) is 0 Å². The van der Waals surface area contributed by atoms with Gasteiger partial charge in [-0.2, -0.15) is 0 Å². The lowest BCUT2D eigenvalue weighted by molar-refractivity contribution is 0.622. The van der Waals surface area contributed by atoms with Gasteiger partial charge in [-0.05, 0) is 40.2 Å². The van der Waals surface area contributed by atoms with Gasteiger partial charge in [0.1, 0.15) is 17.2 Å². The predicted octanol–water partition coefficient (Wildman–Crippen LogP) is 3.30. The number of rotatable bonds is 1. The number of hydrogen-bond acceptors (Lipinski definition) is 2. The van der Waals surface area contributed by atoms with Crippen LogP contribution in [0.25, 0.3) is 17.0 Å². The molecule has 0 atom stereocenters. The fourth-order valence-electron chi connectivity index (χ4n) is 1.62. The van der Waals surface area contributed by atoms with E-state index >= 15 is 0 Å². The van der Waals surface area contributed by atoms with Gasteiger partial charge in [0.2, 0.25) is 0 Å². The summed E-state index contributed by atoms with van der Waals surface area (Å²) in [5, 5.41) is 0. The van der Waals surface area contributed by atoms with Gasteiger partial charge < -0.3 is 4.40 Å². The Bertz CT molecular complexity index is 676. The molecule has 0 aliphatic rings. The first-order chi connectivity index (χ1) is 8.22. The summed E-state index contributed by atoms with van der Waals surface area (Å²) in [5.41, 5.74) is 2.21. The van der Waals surface area contributed by atoms with E-state index in [2.05, 4.69) is 25.9 Å². The van der Waals surface area contributed by atoms with E-state index in [-0.39, 0.29) is 5.82 Å². The molecule has 0 saturated carbocycles. The van der Waals surface area contributed by atoms with Crippen LogP contribution < -0.4 is 0 Å². The van der Waals surface area contributed by atoms with Crippen LogP contribution in [0, 0.1) is 5.82 Å². The molecule has 84 valence electrons.